The van der Waals surface area contributed by atoms with Crippen molar-refractivity contribution in [3.05, 3.63) is 94.6 Å². The van der Waals surface area contributed by atoms with Crippen LogP contribution >= 0.6 is 0 Å². The predicted octanol–water partition coefficient (Wildman–Crippen LogP) is 7.88. The van der Waals surface area contributed by atoms with Crippen molar-refractivity contribution in [2.24, 2.45) is 0 Å². The third-order valence-corrected chi connectivity index (χ3v) is 5.01. The van der Waals surface area contributed by atoms with Crippen molar-refractivity contribution in [2.45, 2.75) is 26.2 Å². The van der Waals surface area contributed by atoms with Gasteiger partial charge in [0.2, 0.25) is 6.86 Å². The summed E-state index contributed by atoms with van der Waals surface area (Å²) in [6, 6.07) is 12.6. The number of hydrogen-bond donors (Lipinski definition) is 0. The van der Waals surface area contributed by atoms with E-state index in [2.05, 4.69) is 4.74 Å². The monoisotopic (exact) mass is 450 g/mol. The first-order valence-corrected chi connectivity index (χ1v) is 9.94. The van der Waals surface area contributed by atoms with Crippen LogP contribution in [0.1, 0.15) is 30.0 Å². The van der Waals surface area contributed by atoms with Crippen LogP contribution in [0.5, 0.6) is 5.75 Å². The molecule has 1 nitrogen and oxygen atoms in total. The summed E-state index contributed by atoms with van der Waals surface area (Å²) < 4.78 is 86.0. The van der Waals surface area contributed by atoms with E-state index in [-0.39, 0.29) is 30.4 Å². The van der Waals surface area contributed by atoms with Crippen molar-refractivity contribution in [1.29, 1.82) is 0 Å². The van der Waals surface area contributed by atoms with Crippen molar-refractivity contribution < 1.29 is 31.1 Å². The Morgan fingerprint density at radius 3 is 1.97 bits per heavy atom. The molecule has 0 bridgehead atoms. The molecule has 3 aromatic carbocycles. The maximum absolute atomic E-state index is 14.6. The van der Waals surface area contributed by atoms with E-state index in [1.807, 2.05) is 0 Å². The van der Waals surface area contributed by atoms with Crippen LogP contribution in [0.25, 0.3) is 17.0 Å². The summed E-state index contributed by atoms with van der Waals surface area (Å²) in [5, 5.41) is 0. The van der Waals surface area contributed by atoms with Crippen LogP contribution in [0.4, 0.5) is 26.3 Å². The lowest BCUT2D eigenvalue weighted by molar-refractivity contribution is 0.176. The molecule has 0 amide bonds. The van der Waals surface area contributed by atoms with E-state index in [4.69, 9.17) is 0 Å². The summed E-state index contributed by atoms with van der Waals surface area (Å²) in [5.41, 5.74) is 1.89. The Hall–Kier alpha value is -3.22. The van der Waals surface area contributed by atoms with Gasteiger partial charge in [0.15, 0.2) is 23.2 Å². The Morgan fingerprint density at radius 1 is 0.781 bits per heavy atom. The lowest BCUT2D eigenvalue weighted by Gasteiger charge is -2.10. The fourth-order valence-corrected chi connectivity index (χ4v) is 3.28. The second kappa shape index (κ2) is 10.4. The summed E-state index contributed by atoms with van der Waals surface area (Å²) in [6.07, 6.45) is 0.290. The maximum atomic E-state index is 14.6. The number of hydrogen-bond acceptors (Lipinski definition) is 1. The molecule has 0 atom stereocenters. The van der Waals surface area contributed by atoms with Gasteiger partial charge in [0.1, 0.15) is 11.6 Å². The molecule has 0 aliphatic heterocycles. The van der Waals surface area contributed by atoms with Gasteiger partial charge in [-0.1, -0.05) is 43.3 Å². The summed E-state index contributed by atoms with van der Waals surface area (Å²) in [6.45, 7) is 0.158. The normalized spacial score (nSPS) is 12.0. The highest BCUT2D eigenvalue weighted by Crippen LogP contribution is 2.28. The number of alkyl halides is 1. The Balaban J connectivity index is 1.73. The number of halogens is 6. The van der Waals surface area contributed by atoms with Crippen LogP contribution < -0.4 is 4.74 Å². The minimum Gasteiger partial charge on any atom is -0.457 e. The zero-order valence-electron chi connectivity index (χ0n) is 17.2. The molecule has 0 heterocycles. The van der Waals surface area contributed by atoms with Crippen LogP contribution in [-0.2, 0) is 12.8 Å². The van der Waals surface area contributed by atoms with Gasteiger partial charge in [0, 0.05) is 5.56 Å². The van der Waals surface area contributed by atoms with Crippen LogP contribution in [0.3, 0.4) is 0 Å². The molecule has 0 unspecified atom stereocenters. The number of benzene rings is 3. The van der Waals surface area contributed by atoms with E-state index >= 15 is 0 Å². The summed E-state index contributed by atoms with van der Waals surface area (Å²) in [5.74, 6) is -5.10. The molecule has 0 saturated heterocycles. The third kappa shape index (κ3) is 5.33. The third-order valence-electron chi connectivity index (χ3n) is 5.01. The van der Waals surface area contributed by atoms with E-state index in [9.17, 15) is 26.3 Å². The molecule has 0 aromatic heterocycles. The molecule has 32 heavy (non-hydrogen) atoms. The molecule has 0 saturated carbocycles. The Labute approximate surface area is 182 Å². The average molecular weight is 450 g/mol. The smallest absolute Gasteiger partial charge is 0.228 e. The van der Waals surface area contributed by atoms with Gasteiger partial charge in [-0.05, 0) is 59.7 Å². The van der Waals surface area contributed by atoms with Crippen LogP contribution in [0, 0.1) is 17.5 Å². The molecule has 0 fully saturated rings. The van der Waals surface area contributed by atoms with Crippen LogP contribution in [0.2, 0.25) is 0 Å². The minimum atomic E-state index is -1.35. The molecule has 168 valence electrons. The minimum absolute atomic E-state index is 0.0465. The average Bonchev–Trinajstić information content (AvgIpc) is 2.79. The number of aryl methyl sites for hydroxylation is 2. The van der Waals surface area contributed by atoms with E-state index < -0.39 is 41.7 Å². The molecule has 0 aliphatic rings. The first-order valence-electron chi connectivity index (χ1n) is 9.94. The van der Waals surface area contributed by atoms with E-state index in [0.717, 1.165) is 12.1 Å². The maximum Gasteiger partial charge on any atom is 0.228 e. The molecular weight excluding hydrogens is 430 g/mol. The first kappa shape index (κ1) is 23.4. The van der Waals surface area contributed by atoms with Gasteiger partial charge in [-0.15, -0.1) is 0 Å². The number of ether oxygens (including phenoxy) is 1. The van der Waals surface area contributed by atoms with Gasteiger partial charge in [0.25, 0.3) is 0 Å². The van der Waals surface area contributed by atoms with Crippen molar-refractivity contribution in [1.82, 2.24) is 0 Å². The lowest BCUT2D eigenvalue weighted by atomic mass is 9.98. The van der Waals surface area contributed by atoms with E-state index in [0.29, 0.717) is 16.7 Å². The summed E-state index contributed by atoms with van der Waals surface area (Å²) in [4.78, 5) is 0. The number of rotatable bonds is 8. The van der Waals surface area contributed by atoms with Gasteiger partial charge in [-0.2, -0.15) is 0 Å². The van der Waals surface area contributed by atoms with Crippen LogP contribution in [0.15, 0.2) is 60.4 Å². The first-order chi connectivity index (χ1) is 15.3. The standard InChI is InChI=1S/C25H20F6O/c1-2-20(27)24(31)18-8-5-16(6-9-18)19-10-7-17(21(28)13-19)4-3-15-11-22(29)25(32-14-26)23(30)12-15/h5-13H,2-4,14H2,1H3. The quantitative estimate of drug-likeness (QED) is 0.317. The molecule has 0 N–H and O–H groups in total. The van der Waals surface area contributed by atoms with Crippen molar-refractivity contribution >= 4 is 5.83 Å². The fraction of sp³-hybridized carbons (Fsp3) is 0.200. The highest BCUT2D eigenvalue weighted by molar-refractivity contribution is 5.68. The summed E-state index contributed by atoms with van der Waals surface area (Å²) >= 11 is 0. The van der Waals surface area contributed by atoms with Gasteiger partial charge >= 0.3 is 0 Å². The van der Waals surface area contributed by atoms with Gasteiger partial charge in [0.05, 0.1) is 0 Å². The highest BCUT2D eigenvalue weighted by atomic mass is 19.2. The second-order valence-corrected chi connectivity index (χ2v) is 7.10. The largest absolute Gasteiger partial charge is 0.457 e. The van der Waals surface area contributed by atoms with Crippen molar-refractivity contribution in [3.63, 3.8) is 0 Å². The number of allylic oxidation sites excluding steroid dienone is 1. The molecule has 7 heteroatoms. The SMILES string of the molecule is CCC(F)=C(F)c1ccc(-c2ccc(CCc3cc(F)c(OCF)c(F)c3)c(F)c2)cc1. The molecule has 3 aromatic rings. The van der Waals surface area contributed by atoms with Crippen molar-refractivity contribution in [2.75, 3.05) is 6.86 Å². The zero-order valence-corrected chi connectivity index (χ0v) is 17.2. The molecular formula is C25H20F6O. The molecule has 3 rings (SSSR count). The predicted molar refractivity (Wildman–Crippen MR) is 112 cm³/mol. The van der Waals surface area contributed by atoms with E-state index in [1.165, 1.54) is 25.1 Å². The Bertz CT molecular complexity index is 1100. The Morgan fingerprint density at radius 2 is 1.41 bits per heavy atom. The van der Waals surface area contributed by atoms with Gasteiger partial charge in [-0.25, -0.2) is 26.3 Å². The molecule has 0 spiro atoms. The van der Waals surface area contributed by atoms with E-state index in [1.54, 1.807) is 24.3 Å². The molecule has 0 aliphatic carbocycles. The fourth-order valence-electron chi connectivity index (χ4n) is 3.28. The Kier molecular flexibility index (Phi) is 7.62. The second-order valence-electron chi connectivity index (χ2n) is 7.10. The topological polar surface area (TPSA) is 9.23 Å². The highest BCUT2D eigenvalue weighted by Gasteiger charge is 2.14. The van der Waals surface area contributed by atoms with Gasteiger partial charge in [-0.3, -0.25) is 0 Å². The van der Waals surface area contributed by atoms with Crippen LogP contribution in [-0.4, -0.2) is 6.86 Å². The zero-order chi connectivity index (χ0) is 23.3. The lowest BCUT2D eigenvalue weighted by Crippen LogP contribution is -2.01. The van der Waals surface area contributed by atoms with Gasteiger partial charge < -0.3 is 4.74 Å². The summed E-state index contributed by atoms with van der Waals surface area (Å²) in [7, 11) is 0. The van der Waals surface area contributed by atoms with Crippen molar-refractivity contribution in [3.8, 4) is 16.9 Å². The molecule has 0 radical (unpaired) electrons.